The highest BCUT2D eigenvalue weighted by Gasteiger charge is 2.14. The lowest BCUT2D eigenvalue weighted by Gasteiger charge is -2.23. The molecule has 3 aromatic rings. The molecule has 0 aliphatic carbocycles. The Balaban J connectivity index is 1.55. The van der Waals surface area contributed by atoms with Crippen molar-refractivity contribution in [2.75, 3.05) is 5.75 Å². The highest BCUT2D eigenvalue weighted by Crippen LogP contribution is 2.20. The molecular weight excluding hydrogens is 369 g/mol. The van der Waals surface area contributed by atoms with Crippen LogP contribution in [0, 0.1) is 5.82 Å². The first-order valence-corrected chi connectivity index (χ1v) is 10.4. The van der Waals surface area contributed by atoms with Crippen LogP contribution in [0.4, 0.5) is 4.39 Å². The predicted molar refractivity (Wildman–Crippen MR) is 113 cm³/mol. The Bertz CT molecular complexity index is 811. The summed E-state index contributed by atoms with van der Waals surface area (Å²) in [7, 11) is 0. The molecule has 144 valence electrons. The largest absolute Gasteiger partial charge is 0.334 e. The van der Waals surface area contributed by atoms with Gasteiger partial charge in [-0.1, -0.05) is 60.7 Å². The zero-order valence-electron chi connectivity index (χ0n) is 15.8. The van der Waals surface area contributed by atoms with Gasteiger partial charge in [0.2, 0.25) is 5.91 Å². The second-order valence-electron chi connectivity index (χ2n) is 6.63. The van der Waals surface area contributed by atoms with Crippen molar-refractivity contribution in [2.24, 2.45) is 0 Å². The number of thioether (sulfide) groups is 1. The number of halogens is 1. The van der Waals surface area contributed by atoms with E-state index in [1.54, 1.807) is 23.9 Å². The van der Waals surface area contributed by atoms with Gasteiger partial charge in [0, 0.05) is 24.4 Å². The van der Waals surface area contributed by atoms with E-state index in [2.05, 4.69) is 24.3 Å². The van der Waals surface area contributed by atoms with Crippen LogP contribution in [0.3, 0.4) is 0 Å². The van der Waals surface area contributed by atoms with Crippen LogP contribution >= 0.6 is 11.8 Å². The number of hydrogen-bond acceptors (Lipinski definition) is 2. The van der Waals surface area contributed by atoms with Gasteiger partial charge in [0.05, 0.1) is 0 Å². The summed E-state index contributed by atoms with van der Waals surface area (Å²) >= 11 is 1.65. The number of rotatable bonds is 9. The minimum absolute atomic E-state index is 0.160. The number of carbonyl (C=O) groups excluding carboxylic acids is 1. The topological polar surface area (TPSA) is 20.3 Å². The number of amides is 1. The summed E-state index contributed by atoms with van der Waals surface area (Å²) in [4.78, 5) is 15.8. The Hall–Kier alpha value is -2.59. The lowest BCUT2D eigenvalue weighted by molar-refractivity contribution is -0.132. The van der Waals surface area contributed by atoms with Gasteiger partial charge in [-0.05, 0) is 47.6 Å². The van der Waals surface area contributed by atoms with E-state index in [-0.39, 0.29) is 11.7 Å². The zero-order valence-corrected chi connectivity index (χ0v) is 16.6. The maximum absolute atomic E-state index is 13.0. The molecule has 0 unspecified atom stereocenters. The highest BCUT2D eigenvalue weighted by atomic mass is 32.2. The molecule has 3 aromatic carbocycles. The minimum Gasteiger partial charge on any atom is -0.334 e. The van der Waals surface area contributed by atoms with Crippen LogP contribution in [0.5, 0.6) is 0 Å². The SMILES string of the molecule is O=C(CCCSc1ccc(F)cc1)N(Cc1ccccc1)Cc1ccccc1. The van der Waals surface area contributed by atoms with Crippen molar-refractivity contribution in [3.63, 3.8) is 0 Å². The fraction of sp³-hybridized carbons (Fsp3) is 0.208. The van der Waals surface area contributed by atoms with Gasteiger partial charge in [-0.3, -0.25) is 4.79 Å². The average Bonchev–Trinajstić information content (AvgIpc) is 2.73. The first kappa shape index (κ1) is 20.2. The second kappa shape index (κ2) is 10.7. The van der Waals surface area contributed by atoms with Gasteiger partial charge in [-0.15, -0.1) is 11.8 Å². The summed E-state index contributed by atoms with van der Waals surface area (Å²) in [6.45, 7) is 1.22. The summed E-state index contributed by atoms with van der Waals surface area (Å²) in [6, 6.07) is 26.7. The summed E-state index contributed by atoms with van der Waals surface area (Å²) in [5, 5.41) is 0. The van der Waals surface area contributed by atoms with Gasteiger partial charge < -0.3 is 4.90 Å². The molecule has 0 radical (unpaired) electrons. The fourth-order valence-electron chi connectivity index (χ4n) is 2.94. The standard InChI is InChI=1S/C24H24FNOS/c25-22-13-15-23(16-14-22)28-17-7-12-24(27)26(18-20-8-3-1-4-9-20)19-21-10-5-2-6-11-21/h1-6,8-11,13-16H,7,12,17-19H2. The van der Waals surface area contributed by atoms with Crippen molar-refractivity contribution >= 4 is 17.7 Å². The monoisotopic (exact) mass is 393 g/mol. The normalized spacial score (nSPS) is 10.6. The molecule has 1 amide bonds. The van der Waals surface area contributed by atoms with E-state index in [0.29, 0.717) is 19.5 Å². The first-order chi connectivity index (χ1) is 13.7. The van der Waals surface area contributed by atoms with Crippen LogP contribution in [-0.4, -0.2) is 16.6 Å². The van der Waals surface area contributed by atoms with Crippen molar-refractivity contribution in [2.45, 2.75) is 30.8 Å². The molecule has 28 heavy (non-hydrogen) atoms. The van der Waals surface area contributed by atoms with Crippen LogP contribution in [0.15, 0.2) is 89.8 Å². The molecule has 0 aliphatic rings. The maximum atomic E-state index is 13.0. The Morgan fingerprint density at radius 1 is 0.786 bits per heavy atom. The molecule has 0 spiro atoms. The number of hydrogen-bond donors (Lipinski definition) is 0. The molecule has 0 heterocycles. The minimum atomic E-state index is -0.225. The van der Waals surface area contributed by atoms with Crippen LogP contribution in [0.1, 0.15) is 24.0 Å². The van der Waals surface area contributed by atoms with Crippen LogP contribution in [0.25, 0.3) is 0 Å². The number of carbonyl (C=O) groups is 1. The summed E-state index contributed by atoms with van der Waals surface area (Å²) in [6.07, 6.45) is 1.30. The van der Waals surface area contributed by atoms with Gasteiger partial charge in [0.1, 0.15) is 5.82 Å². The Morgan fingerprint density at radius 2 is 1.32 bits per heavy atom. The number of benzene rings is 3. The second-order valence-corrected chi connectivity index (χ2v) is 7.80. The summed E-state index contributed by atoms with van der Waals surface area (Å²) < 4.78 is 13.0. The van der Waals surface area contributed by atoms with Crippen molar-refractivity contribution in [3.8, 4) is 0 Å². The lowest BCUT2D eigenvalue weighted by Crippen LogP contribution is -2.30. The van der Waals surface area contributed by atoms with Crippen LogP contribution in [-0.2, 0) is 17.9 Å². The molecule has 0 saturated heterocycles. The highest BCUT2D eigenvalue weighted by molar-refractivity contribution is 7.99. The molecule has 4 heteroatoms. The Labute approximate surface area is 170 Å². The van der Waals surface area contributed by atoms with E-state index in [4.69, 9.17) is 0 Å². The van der Waals surface area contributed by atoms with E-state index in [9.17, 15) is 9.18 Å². The van der Waals surface area contributed by atoms with E-state index in [0.717, 1.165) is 28.2 Å². The molecule has 0 aliphatic heterocycles. The molecule has 2 nitrogen and oxygen atoms in total. The Morgan fingerprint density at radius 3 is 1.86 bits per heavy atom. The zero-order chi connectivity index (χ0) is 19.6. The van der Waals surface area contributed by atoms with Gasteiger partial charge in [-0.2, -0.15) is 0 Å². The van der Waals surface area contributed by atoms with E-state index in [1.807, 2.05) is 41.3 Å². The summed E-state index contributed by atoms with van der Waals surface area (Å²) in [5.41, 5.74) is 2.26. The van der Waals surface area contributed by atoms with E-state index < -0.39 is 0 Å². The van der Waals surface area contributed by atoms with Crippen molar-refractivity contribution in [1.82, 2.24) is 4.90 Å². The quantitative estimate of drug-likeness (QED) is 0.332. The molecule has 0 atom stereocenters. The maximum Gasteiger partial charge on any atom is 0.223 e. The van der Waals surface area contributed by atoms with Gasteiger partial charge in [0.25, 0.3) is 0 Å². The van der Waals surface area contributed by atoms with Crippen molar-refractivity contribution < 1.29 is 9.18 Å². The third-order valence-electron chi connectivity index (χ3n) is 4.40. The third kappa shape index (κ3) is 6.54. The summed E-state index contributed by atoms with van der Waals surface area (Å²) in [5.74, 6) is 0.770. The molecule has 0 bridgehead atoms. The van der Waals surface area contributed by atoms with Gasteiger partial charge in [0.15, 0.2) is 0 Å². The first-order valence-electron chi connectivity index (χ1n) is 9.45. The molecule has 0 saturated carbocycles. The number of nitrogens with zero attached hydrogens (tertiary/aromatic N) is 1. The predicted octanol–water partition coefficient (Wildman–Crippen LogP) is 5.93. The molecule has 0 fully saturated rings. The van der Waals surface area contributed by atoms with Crippen molar-refractivity contribution in [1.29, 1.82) is 0 Å². The van der Waals surface area contributed by atoms with E-state index in [1.165, 1.54) is 12.1 Å². The van der Waals surface area contributed by atoms with Crippen LogP contribution in [0.2, 0.25) is 0 Å². The molecule has 3 rings (SSSR count). The van der Waals surface area contributed by atoms with Gasteiger partial charge >= 0.3 is 0 Å². The van der Waals surface area contributed by atoms with Crippen molar-refractivity contribution in [3.05, 3.63) is 102 Å². The molecular formula is C24H24FNOS. The lowest BCUT2D eigenvalue weighted by atomic mass is 10.1. The molecule has 0 N–H and O–H groups in total. The van der Waals surface area contributed by atoms with Gasteiger partial charge in [-0.25, -0.2) is 4.39 Å². The van der Waals surface area contributed by atoms with E-state index >= 15 is 0 Å². The smallest absolute Gasteiger partial charge is 0.223 e. The fourth-order valence-corrected chi connectivity index (χ4v) is 3.80. The molecule has 0 aromatic heterocycles. The average molecular weight is 394 g/mol. The Kier molecular flexibility index (Phi) is 7.68. The van der Waals surface area contributed by atoms with Crippen LogP contribution < -0.4 is 0 Å². The third-order valence-corrected chi connectivity index (χ3v) is 5.50.